The molecule has 0 aromatic rings. The first kappa shape index (κ1) is 23.4. The highest BCUT2D eigenvalue weighted by Gasteiger charge is 2.36. The first-order valence-electron chi connectivity index (χ1n) is 9.14. The Kier molecular flexibility index (Phi) is 8.74. The summed E-state index contributed by atoms with van der Waals surface area (Å²) in [5, 5.41) is 0. The zero-order chi connectivity index (χ0) is 20.9. The summed E-state index contributed by atoms with van der Waals surface area (Å²) in [6.07, 6.45) is 2.22. The summed E-state index contributed by atoms with van der Waals surface area (Å²) in [6, 6.07) is -2.28. The van der Waals surface area contributed by atoms with E-state index in [1.807, 2.05) is 0 Å². The van der Waals surface area contributed by atoms with Crippen molar-refractivity contribution in [2.45, 2.75) is 50.9 Å². The SMILES string of the molecule is CC(C(=O)N(C)C(C)C(=O)N1CCCC1C=O)N(C)C(=O)C(CS)N(C)C. The molecule has 9 heteroatoms. The first-order chi connectivity index (χ1) is 12.6. The van der Waals surface area contributed by atoms with Crippen molar-refractivity contribution in [2.75, 3.05) is 40.5 Å². The Morgan fingerprint density at radius 3 is 2.11 bits per heavy atom. The number of carbonyl (C=O) groups excluding carboxylic acids is 4. The molecule has 1 fully saturated rings. The predicted octanol–water partition coefficient (Wildman–Crippen LogP) is -0.270. The maximum atomic E-state index is 12.8. The van der Waals surface area contributed by atoms with E-state index in [2.05, 4.69) is 12.6 Å². The summed E-state index contributed by atoms with van der Waals surface area (Å²) in [5.74, 6) is -0.443. The molecule has 1 saturated heterocycles. The fourth-order valence-corrected chi connectivity index (χ4v) is 3.64. The van der Waals surface area contributed by atoms with Gasteiger partial charge in [0.2, 0.25) is 17.7 Å². The average molecular weight is 401 g/mol. The molecule has 0 bridgehead atoms. The van der Waals surface area contributed by atoms with Crippen molar-refractivity contribution in [1.29, 1.82) is 0 Å². The lowest BCUT2D eigenvalue weighted by molar-refractivity contribution is -0.150. The van der Waals surface area contributed by atoms with Crippen LogP contribution in [0.15, 0.2) is 0 Å². The first-order valence-corrected chi connectivity index (χ1v) is 9.78. The van der Waals surface area contributed by atoms with Gasteiger partial charge >= 0.3 is 0 Å². The maximum Gasteiger partial charge on any atom is 0.245 e. The minimum absolute atomic E-state index is 0.205. The number of rotatable bonds is 8. The third kappa shape index (κ3) is 5.22. The molecular formula is C18H32N4O4S. The molecule has 154 valence electrons. The molecular weight excluding hydrogens is 368 g/mol. The topological polar surface area (TPSA) is 81.2 Å². The van der Waals surface area contributed by atoms with Crippen LogP contribution in [0.1, 0.15) is 26.7 Å². The van der Waals surface area contributed by atoms with E-state index in [4.69, 9.17) is 0 Å². The summed E-state index contributed by atoms with van der Waals surface area (Å²) in [7, 11) is 6.69. The molecule has 0 radical (unpaired) electrons. The van der Waals surface area contributed by atoms with Crippen LogP contribution in [0.3, 0.4) is 0 Å². The van der Waals surface area contributed by atoms with Gasteiger partial charge < -0.3 is 19.5 Å². The number of amides is 3. The van der Waals surface area contributed by atoms with Crippen molar-refractivity contribution in [3.8, 4) is 0 Å². The summed E-state index contributed by atoms with van der Waals surface area (Å²) in [5.41, 5.74) is 0. The van der Waals surface area contributed by atoms with Crippen molar-refractivity contribution >= 4 is 36.6 Å². The molecule has 0 aliphatic carbocycles. The zero-order valence-corrected chi connectivity index (χ0v) is 18.0. The third-order valence-electron chi connectivity index (χ3n) is 5.39. The van der Waals surface area contributed by atoms with Gasteiger partial charge in [0, 0.05) is 26.4 Å². The van der Waals surface area contributed by atoms with Crippen LogP contribution in [0.25, 0.3) is 0 Å². The summed E-state index contributed by atoms with van der Waals surface area (Å²) in [6.45, 7) is 3.81. The fourth-order valence-electron chi connectivity index (χ4n) is 3.15. The molecule has 8 nitrogen and oxygen atoms in total. The molecule has 1 aliphatic rings. The smallest absolute Gasteiger partial charge is 0.245 e. The fraction of sp³-hybridized carbons (Fsp3) is 0.778. The maximum absolute atomic E-state index is 12.8. The second-order valence-corrected chi connectivity index (χ2v) is 7.65. The van der Waals surface area contributed by atoms with Crippen LogP contribution in [0.4, 0.5) is 0 Å². The van der Waals surface area contributed by atoms with Crippen LogP contribution in [-0.2, 0) is 19.2 Å². The van der Waals surface area contributed by atoms with Crippen LogP contribution >= 0.6 is 12.6 Å². The van der Waals surface area contributed by atoms with E-state index in [9.17, 15) is 19.2 Å². The van der Waals surface area contributed by atoms with Crippen LogP contribution in [0.2, 0.25) is 0 Å². The Morgan fingerprint density at radius 1 is 1.07 bits per heavy atom. The highest BCUT2D eigenvalue weighted by atomic mass is 32.1. The van der Waals surface area contributed by atoms with Gasteiger partial charge in [-0.3, -0.25) is 19.3 Å². The Labute approximate surface area is 167 Å². The molecule has 0 spiro atoms. The van der Waals surface area contributed by atoms with Gasteiger partial charge in [0.25, 0.3) is 0 Å². The largest absolute Gasteiger partial charge is 0.333 e. The molecule has 27 heavy (non-hydrogen) atoms. The van der Waals surface area contributed by atoms with Crippen molar-refractivity contribution in [2.24, 2.45) is 0 Å². The number of thiol groups is 1. The number of likely N-dealkylation sites (N-methyl/N-ethyl adjacent to an activating group) is 3. The second-order valence-electron chi connectivity index (χ2n) is 7.29. The lowest BCUT2D eigenvalue weighted by Crippen LogP contribution is -2.56. The molecule has 0 N–H and O–H groups in total. The van der Waals surface area contributed by atoms with Gasteiger partial charge in [0.05, 0.1) is 12.1 Å². The number of nitrogens with zero attached hydrogens (tertiary/aromatic N) is 4. The monoisotopic (exact) mass is 400 g/mol. The van der Waals surface area contributed by atoms with E-state index in [-0.39, 0.29) is 17.7 Å². The van der Waals surface area contributed by atoms with Crippen LogP contribution in [-0.4, -0.2) is 108 Å². The Balaban J connectivity index is 2.82. The second kappa shape index (κ2) is 10.1. The van der Waals surface area contributed by atoms with Gasteiger partial charge in [-0.05, 0) is 40.8 Å². The Morgan fingerprint density at radius 2 is 1.63 bits per heavy atom. The Hall–Kier alpha value is -1.61. The van der Waals surface area contributed by atoms with Crippen LogP contribution in [0.5, 0.6) is 0 Å². The molecule has 3 amide bonds. The molecule has 1 rings (SSSR count). The van der Waals surface area contributed by atoms with Gasteiger partial charge in [-0.2, -0.15) is 12.6 Å². The molecule has 0 aromatic carbocycles. The van der Waals surface area contributed by atoms with E-state index < -0.39 is 24.2 Å². The lowest BCUT2D eigenvalue weighted by atomic mass is 10.1. The molecule has 4 atom stereocenters. The highest BCUT2D eigenvalue weighted by Crippen LogP contribution is 2.18. The molecule has 0 saturated carbocycles. The number of hydrogen-bond donors (Lipinski definition) is 1. The molecule has 1 heterocycles. The lowest BCUT2D eigenvalue weighted by Gasteiger charge is -2.35. The van der Waals surface area contributed by atoms with Crippen molar-refractivity contribution in [3.05, 3.63) is 0 Å². The van der Waals surface area contributed by atoms with Crippen LogP contribution in [0, 0.1) is 0 Å². The standard InChI is InChI=1S/C18H32N4O4S/c1-12(21(6)18(26)15(11-27)19(3)4)16(24)20(5)13(2)17(25)22-9-7-8-14(22)10-23/h10,12-15,27H,7-9,11H2,1-6H3. The van der Waals surface area contributed by atoms with E-state index in [0.717, 1.165) is 12.7 Å². The van der Waals surface area contributed by atoms with Gasteiger partial charge in [0.1, 0.15) is 18.4 Å². The number of aldehydes is 1. The highest BCUT2D eigenvalue weighted by molar-refractivity contribution is 7.80. The van der Waals surface area contributed by atoms with Crippen molar-refractivity contribution in [1.82, 2.24) is 19.6 Å². The van der Waals surface area contributed by atoms with Gasteiger partial charge in [-0.1, -0.05) is 0 Å². The minimum atomic E-state index is -0.722. The van der Waals surface area contributed by atoms with E-state index in [1.54, 1.807) is 46.9 Å². The minimum Gasteiger partial charge on any atom is -0.333 e. The Bertz CT molecular complexity index is 572. The van der Waals surface area contributed by atoms with Crippen molar-refractivity contribution in [3.63, 3.8) is 0 Å². The predicted molar refractivity (Wildman–Crippen MR) is 107 cm³/mol. The number of hydrogen-bond acceptors (Lipinski definition) is 6. The summed E-state index contributed by atoms with van der Waals surface area (Å²) in [4.78, 5) is 55.3. The summed E-state index contributed by atoms with van der Waals surface area (Å²) >= 11 is 4.21. The van der Waals surface area contributed by atoms with Crippen molar-refractivity contribution < 1.29 is 19.2 Å². The zero-order valence-electron chi connectivity index (χ0n) is 17.1. The van der Waals surface area contributed by atoms with E-state index in [0.29, 0.717) is 18.7 Å². The number of likely N-dealkylation sites (tertiary alicyclic amines) is 1. The molecule has 0 aromatic heterocycles. The third-order valence-corrected chi connectivity index (χ3v) is 5.74. The van der Waals surface area contributed by atoms with Gasteiger partial charge in [-0.25, -0.2) is 0 Å². The van der Waals surface area contributed by atoms with Gasteiger partial charge in [-0.15, -0.1) is 0 Å². The van der Waals surface area contributed by atoms with Gasteiger partial charge in [0.15, 0.2) is 0 Å². The summed E-state index contributed by atoms with van der Waals surface area (Å²) < 4.78 is 0. The van der Waals surface area contributed by atoms with E-state index >= 15 is 0 Å². The van der Waals surface area contributed by atoms with E-state index in [1.165, 1.54) is 14.7 Å². The molecule has 4 unspecified atom stereocenters. The quantitative estimate of drug-likeness (QED) is 0.448. The number of carbonyl (C=O) groups is 4. The van der Waals surface area contributed by atoms with Crippen LogP contribution < -0.4 is 0 Å². The average Bonchev–Trinajstić information content (AvgIpc) is 3.13. The normalized spacial score (nSPS) is 20.1. The molecule has 1 aliphatic heterocycles.